The Morgan fingerprint density at radius 3 is 2.87 bits per heavy atom. The zero-order valence-corrected chi connectivity index (χ0v) is 8.59. The van der Waals surface area contributed by atoms with E-state index in [0.29, 0.717) is 5.69 Å². The molecule has 0 aliphatic carbocycles. The first-order valence-corrected chi connectivity index (χ1v) is 4.59. The second-order valence-electron chi connectivity index (χ2n) is 3.04. The van der Waals surface area contributed by atoms with E-state index in [0.717, 1.165) is 0 Å². The molecule has 0 saturated heterocycles. The summed E-state index contributed by atoms with van der Waals surface area (Å²) in [4.78, 5) is 11.3. The number of esters is 1. The normalized spacial score (nSPS) is 10.7. The molecule has 1 N–H and O–H groups in total. The lowest BCUT2D eigenvalue weighted by atomic mass is 10.3. The number of rotatable bonds is 4. The van der Waals surface area contributed by atoms with Gasteiger partial charge in [0.05, 0.1) is 12.3 Å². The number of aromatic amines is 1. The van der Waals surface area contributed by atoms with Crippen LogP contribution in [0.15, 0.2) is 6.20 Å². The summed E-state index contributed by atoms with van der Waals surface area (Å²) >= 11 is 0. The molecule has 1 aromatic rings. The van der Waals surface area contributed by atoms with Gasteiger partial charge in [0.2, 0.25) is 12.7 Å². The molecule has 0 spiro atoms. The molecule has 15 heavy (non-hydrogen) atoms. The van der Waals surface area contributed by atoms with Gasteiger partial charge in [-0.3, -0.25) is 0 Å². The zero-order valence-electron chi connectivity index (χ0n) is 8.59. The van der Waals surface area contributed by atoms with Gasteiger partial charge in [0, 0.05) is 0 Å². The molecule has 84 valence electrons. The molecule has 0 aliphatic heterocycles. The Labute approximate surface area is 85.8 Å². The molecular weight excluding hydrogens is 206 g/mol. The van der Waals surface area contributed by atoms with Crippen LogP contribution in [-0.2, 0) is 11.3 Å². The number of hydrogen-bond donors (Lipinski definition) is 1. The summed E-state index contributed by atoms with van der Waals surface area (Å²) in [6.45, 7) is 3.12. The van der Waals surface area contributed by atoms with E-state index in [1.807, 2.05) is 0 Å². The van der Waals surface area contributed by atoms with Crippen LogP contribution in [0.25, 0.3) is 0 Å². The van der Waals surface area contributed by atoms with Crippen LogP contribution in [-0.4, -0.2) is 24.1 Å². The van der Waals surface area contributed by atoms with Crippen LogP contribution in [0.5, 0.6) is 0 Å². The van der Waals surface area contributed by atoms with Crippen molar-refractivity contribution in [3.63, 3.8) is 0 Å². The van der Waals surface area contributed by atoms with Crippen molar-refractivity contribution in [2.24, 2.45) is 0 Å². The van der Waals surface area contributed by atoms with Crippen molar-refractivity contribution in [2.75, 3.05) is 6.61 Å². The molecule has 0 atom stereocenters. The first-order chi connectivity index (χ1) is 7.04. The number of H-pyrrole nitrogens is 1. The number of ether oxygens (including phenoxy) is 1. The van der Waals surface area contributed by atoms with Gasteiger partial charge in [-0.2, -0.15) is 5.10 Å². The van der Waals surface area contributed by atoms with Crippen molar-refractivity contribution >= 4 is 5.97 Å². The Kier molecular flexibility index (Phi) is 3.76. The maximum absolute atomic E-state index is 12.1. The molecule has 0 fully saturated rings. The third-order valence-electron chi connectivity index (χ3n) is 1.83. The average molecular weight is 219 g/mol. The SMILES string of the molecule is CCOC(=O)c1c[n+](CC(F)F)[nH]c1C. The van der Waals surface area contributed by atoms with Crippen LogP contribution in [0.4, 0.5) is 8.78 Å². The number of alkyl halides is 2. The number of hydrogen-bond acceptors (Lipinski definition) is 2. The molecule has 0 aliphatic rings. The summed E-state index contributed by atoms with van der Waals surface area (Å²) in [6.07, 6.45) is -1.12. The Bertz CT molecular complexity index is 350. The smallest absolute Gasteiger partial charge is 0.346 e. The van der Waals surface area contributed by atoms with Gasteiger partial charge in [-0.15, -0.1) is 4.68 Å². The van der Waals surface area contributed by atoms with Gasteiger partial charge in [-0.25, -0.2) is 13.6 Å². The van der Waals surface area contributed by atoms with Gasteiger partial charge in [-0.05, 0) is 13.8 Å². The van der Waals surface area contributed by atoms with Crippen LogP contribution in [0.2, 0.25) is 0 Å². The maximum Gasteiger partial charge on any atom is 0.346 e. The fourth-order valence-electron chi connectivity index (χ4n) is 1.22. The van der Waals surface area contributed by atoms with Crippen molar-refractivity contribution in [2.45, 2.75) is 26.8 Å². The van der Waals surface area contributed by atoms with Crippen molar-refractivity contribution in [1.29, 1.82) is 0 Å². The highest BCUT2D eigenvalue weighted by molar-refractivity contribution is 5.89. The van der Waals surface area contributed by atoms with Crippen LogP contribution >= 0.6 is 0 Å². The highest BCUT2D eigenvalue weighted by Gasteiger charge is 2.21. The van der Waals surface area contributed by atoms with E-state index >= 15 is 0 Å². The molecule has 6 heteroatoms. The molecule has 0 amide bonds. The maximum atomic E-state index is 12.1. The van der Waals surface area contributed by atoms with Gasteiger partial charge in [0.25, 0.3) is 6.43 Å². The number of nitrogens with zero attached hydrogens (tertiary/aromatic N) is 1. The van der Waals surface area contributed by atoms with Crippen molar-refractivity contribution in [3.05, 3.63) is 17.5 Å². The lowest BCUT2D eigenvalue weighted by Crippen LogP contribution is -2.38. The lowest BCUT2D eigenvalue weighted by molar-refractivity contribution is -0.757. The number of carbonyl (C=O) groups excluding carboxylic acids is 1. The summed E-state index contributed by atoms with van der Waals surface area (Å²) in [7, 11) is 0. The average Bonchev–Trinajstić information content (AvgIpc) is 2.46. The molecule has 1 aromatic heterocycles. The fourth-order valence-corrected chi connectivity index (χ4v) is 1.22. The lowest BCUT2D eigenvalue weighted by Gasteiger charge is -1.96. The molecular formula is C9H13F2N2O2+. The third kappa shape index (κ3) is 3.00. The third-order valence-corrected chi connectivity index (χ3v) is 1.83. The predicted molar refractivity (Wildman–Crippen MR) is 47.7 cm³/mol. The molecule has 4 nitrogen and oxygen atoms in total. The molecule has 0 unspecified atom stereocenters. The van der Waals surface area contributed by atoms with E-state index in [1.54, 1.807) is 13.8 Å². The quantitative estimate of drug-likeness (QED) is 0.607. The van der Waals surface area contributed by atoms with Gasteiger partial charge >= 0.3 is 5.97 Å². The van der Waals surface area contributed by atoms with Gasteiger partial charge in [0.1, 0.15) is 5.56 Å². The van der Waals surface area contributed by atoms with Crippen LogP contribution in [0.1, 0.15) is 23.0 Å². The first kappa shape index (κ1) is 11.6. The summed E-state index contributed by atoms with van der Waals surface area (Å²) in [5.41, 5.74) is 0.812. The van der Waals surface area contributed by atoms with E-state index in [4.69, 9.17) is 4.74 Å². The summed E-state index contributed by atoms with van der Waals surface area (Å²) < 4.78 is 30.0. The highest BCUT2D eigenvalue weighted by atomic mass is 19.3. The topological polar surface area (TPSA) is 46.0 Å². The highest BCUT2D eigenvalue weighted by Crippen LogP contribution is 2.04. The predicted octanol–water partition coefficient (Wildman–Crippen LogP) is 1.05. The molecule has 0 aromatic carbocycles. The number of halogens is 2. The minimum Gasteiger partial charge on any atom is -0.462 e. The van der Waals surface area contributed by atoms with Gasteiger partial charge in [0.15, 0.2) is 0 Å². The first-order valence-electron chi connectivity index (χ1n) is 4.59. The summed E-state index contributed by atoms with van der Waals surface area (Å²) in [6, 6.07) is 0. The van der Waals surface area contributed by atoms with E-state index in [9.17, 15) is 13.6 Å². The second kappa shape index (κ2) is 4.86. The van der Waals surface area contributed by atoms with E-state index in [2.05, 4.69) is 5.10 Å². The standard InChI is InChI=1S/C9H12F2N2O2/c1-3-15-9(14)7-4-13(5-8(10)11)12-6(7)2/h4,8H,3,5H2,1-2H3/p+1. The van der Waals surface area contributed by atoms with E-state index < -0.39 is 18.9 Å². The number of aryl methyl sites for hydroxylation is 1. The number of nitrogens with one attached hydrogen (secondary N) is 1. The summed E-state index contributed by atoms with van der Waals surface area (Å²) in [5, 5.41) is 2.65. The van der Waals surface area contributed by atoms with Crippen LogP contribution < -0.4 is 4.68 Å². The minimum atomic E-state index is -2.46. The zero-order chi connectivity index (χ0) is 11.4. The second-order valence-corrected chi connectivity index (χ2v) is 3.04. The minimum absolute atomic E-state index is 0.262. The molecule has 1 rings (SSSR count). The Morgan fingerprint density at radius 1 is 1.67 bits per heavy atom. The fraction of sp³-hybridized carbons (Fsp3) is 0.556. The monoisotopic (exact) mass is 219 g/mol. The summed E-state index contributed by atoms with van der Waals surface area (Å²) in [5.74, 6) is -0.501. The van der Waals surface area contributed by atoms with Crippen LogP contribution in [0, 0.1) is 6.92 Å². The van der Waals surface area contributed by atoms with Crippen LogP contribution in [0.3, 0.4) is 0 Å². The van der Waals surface area contributed by atoms with E-state index in [-0.39, 0.29) is 12.2 Å². The number of aromatic nitrogens is 2. The molecule has 0 bridgehead atoms. The van der Waals surface area contributed by atoms with E-state index in [1.165, 1.54) is 10.9 Å². The Balaban J connectivity index is 2.81. The van der Waals surface area contributed by atoms with Gasteiger partial charge in [-0.1, -0.05) is 0 Å². The van der Waals surface area contributed by atoms with Crippen molar-refractivity contribution in [3.8, 4) is 0 Å². The largest absolute Gasteiger partial charge is 0.462 e. The molecule has 1 heterocycles. The van der Waals surface area contributed by atoms with Crippen molar-refractivity contribution < 1.29 is 23.0 Å². The molecule has 0 radical (unpaired) electrons. The number of carbonyl (C=O) groups is 1. The van der Waals surface area contributed by atoms with Gasteiger partial charge < -0.3 is 4.74 Å². The van der Waals surface area contributed by atoms with Crippen molar-refractivity contribution in [1.82, 2.24) is 5.10 Å². The Morgan fingerprint density at radius 2 is 2.33 bits per heavy atom. The Hall–Kier alpha value is -1.46. The molecule has 0 saturated carbocycles.